The highest BCUT2D eigenvalue weighted by Gasteiger charge is 2.28. The summed E-state index contributed by atoms with van der Waals surface area (Å²) >= 11 is 12.2. The zero-order valence-electron chi connectivity index (χ0n) is 17.1. The Bertz CT molecular complexity index is 822. The van der Waals surface area contributed by atoms with Gasteiger partial charge in [0.05, 0.1) is 0 Å². The van der Waals surface area contributed by atoms with Crippen molar-refractivity contribution in [3.05, 3.63) is 69.7 Å². The maximum atomic E-state index is 13.2. The van der Waals surface area contributed by atoms with Gasteiger partial charge in [0.25, 0.3) is 0 Å². The highest BCUT2D eigenvalue weighted by atomic mass is 35.5. The van der Waals surface area contributed by atoms with Crippen molar-refractivity contribution in [2.24, 2.45) is 0 Å². The SMILES string of the molecule is CC[C@H](C(=O)NC(C)C)N(Cc1ccc(Cl)cc1)C(=O)CCc1ccccc1Cl. The summed E-state index contributed by atoms with van der Waals surface area (Å²) in [6, 6.07) is 14.3. The van der Waals surface area contributed by atoms with Crippen LogP contribution in [0, 0.1) is 0 Å². The number of halogens is 2. The third kappa shape index (κ3) is 7.06. The van der Waals surface area contributed by atoms with Gasteiger partial charge in [-0.2, -0.15) is 0 Å². The van der Waals surface area contributed by atoms with E-state index in [4.69, 9.17) is 23.2 Å². The maximum Gasteiger partial charge on any atom is 0.243 e. The quantitative estimate of drug-likeness (QED) is 0.584. The third-order valence-electron chi connectivity index (χ3n) is 4.65. The fourth-order valence-corrected chi connectivity index (χ4v) is 3.53. The van der Waals surface area contributed by atoms with Gasteiger partial charge in [0, 0.05) is 29.1 Å². The number of hydrogen-bond donors (Lipinski definition) is 1. The van der Waals surface area contributed by atoms with Crippen LogP contribution in [0.4, 0.5) is 0 Å². The van der Waals surface area contributed by atoms with E-state index in [0.717, 1.165) is 11.1 Å². The Morgan fingerprint density at radius 2 is 1.69 bits per heavy atom. The summed E-state index contributed by atoms with van der Waals surface area (Å²) in [5.41, 5.74) is 1.85. The Morgan fingerprint density at radius 3 is 2.28 bits per heavy atom. The van der Waals surface area contributed by atoms with E-state index in [1.54, 1.807) is 17.0 Å². The smallest absolute Gasteiger partial charge is 0.243 e. The first-order chi connectivity index (χ1) is 13.8. The third-order valence-corrected chi connectivity index (χ3v) is 5.27. The van der Waals surface area contributed by atoms with Crippen LogP contribution >= 0.6 is 23.2 Å². The zero-order valence-corrected chi connectivity index (χ0v) is 18.6. The molecule has 0 aliphatic rings. The van der Waals surface area contributed by atoms with Crippen LogP contribution in [0.2, 0.25) is 10.0 Å². The first-order valence-corrected chi connectivity index (χ1v) is 10.6. The largest absolute Gasteiger partial charge is 0.352 e. The standard InChI is InChI=1S/C23H28Cl2N2O2/c1-4-21(23(29)26-16(2)3)27(15-17-9-12-19(24)13-10-17)22(28)14-11-18-7-5-6-8-20(18)25/h5-10,12-13,16,21H,4,11,14-15H2,1-3H3,(H,26,29)/t21-/m1/s1. The van der Waals surface area contributed by atoms with Crippen molar-refractivity contribution in [3.8, 4) is 0 Å². The Hall–Kier alpha value is -2.04. The van der Waals surface area contributed by atoms with Gasteiger partial charge in [0.15, 0.2) is 0 Å². The van der Waals surface area contributed by atoms with Crippen LogP contribution in [0.25, 0.3) is 0 Å². The first-order valence-electron chi connectivity index (χ1n) is 9.89. The molecule has 0 radical (unpaired) electrons. The van der Waals surface area contributed by atoms with Crippen molar-refractivity contribution < 1.29 is 9.59 Å². The first kappa shape index (κ1) is 23.2. The van der Waals surface area contributed by atoms with E-state index in [0.29, 0.717) is 29.4 Å². The van der Waals surface area contributed by atoms with E-state index in [-0.39, 0.29) is 24.3 Å². The number of hydrogen-bond acceptors (Lipinski definition) is 2. The molecular weight excluding hydrogens is 407 g/mol. The number of nitrogens with one attached hydrogen (secondary N) is 1. The molecule has 1 N–H and O–H groups in total. The minimum atomic E-state index is -0.535. The minimum absolute atomic E-state index is 0.00663. The lowest BCUT2D eigenvalue weighted by molar-refractivity contribution is -0.141. The molecule has 1 atom stereocenters. The van der Waals surface area contributed by atoms with Crippen molar-refractivity contribution in [1.82, 2.24) is 10.2 Å². The monoisotopic (exact) mass is 434 g/mol. The topological polar surface area (TPSA) is 49.4 Å². The van der Waals surface area contributed by atoms with Crippen LogP contribution in [-0.2, 0) is 22.6 Å². The Balaban J connectivity index is 2.21. The number of benzene rings is 2. The average Bonchev–Trinajstić information content (AvgIpc) is 2.68. The summed E-state index contributed by atoms with van der Waals surface area (Å²) < 4.78 is 0. The molecule has 156 valence electrons. The van der Waals surface area contributed by atoms with Gasteiger partial charge >= 0.3 is 0 Å². The van der Waals surface area contributed by atoms with E-state index in [1.807, 2.05) is 57.2 Å². The van der Waals surface area contributed by atoms with E-state index in [1.165, 1.54) is 0 Å². The van der Waals surface area contributed by atoms with Gasteiger partial charge in [-0.3, -0.25) is 9.59 Å². The molecule has 29 heavy (non-hydrogen) atoms. The van der Waals surface area contributed by atoms with Crippen LogP contribution in [0.3, 0.4) is 0 Å². The van der Waals surface area contributed by atoms with Crippen LogP contribution in [0.5, 0.6) is 0 Å². The second-order valence-electron chi connectivity index (χ2n) is 7.33. The van der Waals surface area contributed by atoms with Crippen molar-refractivity contribution in [2.45, 2.75) is 58.7 Å². The van der Waals surface area contributed by atoms with Crippen LogP contribution < -0.4 is 5.32 Å². The van der Waals surface area contributed by atoms with Crippen molar-refractivity contribution in [1.29, 1.82) is 0 Å². The van der Waals surface area contributed by atoms with E-state index < -0.39 is 6.04 Å². The summed E-state index contributed by atoms with van der Waals surface area (Å²) in [7, 11) is 0. The Kier molecular flexibility index (Phi) is 8.99. The lowest BCUT2D eigenvalue weighted by atomic mass is 10.1. The fraction of sp³-hybridized carbons (Fsp3) is 0.391. The molecule has 0 saturated carbocycles. The van der Waals surface area contributed by atoms with Gasteiger partial charge in [-0.15, -0.1) is 0 Å². The van der Waals surface area contributed by atoms with Crippen LogP contribution in [0.1, 0.15) is 44.7 Å². The Labute approximate surface area is 183 Å². The molecule has 0 spiro atoms. The molecule has 2 aromatic carbocycles. The summed E-state index contributed by atoms with van der Waals surface area (Å²) in [4.78, 5) is 27.6. The maximum absolute atomic E-state index is 13.2. The molecule has 0 heterocycles. The number of amides is 2. The molecule has 4 nitrogen and oxygen atoms in total. The molecule has 0 bridgehead atoms. The summed E-state index contributed by atoms with van der Waals surface area (Å²) in [5.74, 6) is -0.215. The fourth-order valence-electron chi connectivity index (χ4n) is 3.17. The number of nitrogens with zero attached hydrogens (tertiary/aromatic N) is 1. The molecule has 0 aliphatic heterocycles. The molecule has 0 unspecified atom stereocenters. The lowest BCUT2D eigenvalue weighted by Gasteiger charge is -2.31. The van der Waals surface area contributed by atoms with E-state index in [9.17, 15) is 9.59 Å². The number of carbonyl (C=O) groups excluding carboxylic acids is 2. The normalized spacial score (nSPS) is 11.9. The van der Waals surface area contributed by atoms with Gasteiger partial charge in [0.2, 0.25) is 11.8 Å². The summed E-state index contributed by atoms with van der Waals surface area (Å²) in [6.45, 7) is 6.09. The predicted molar refractivity (Wildman–Crippen MR) is 119 cm³/mol. The Morgan fingerprint density at radius 1 is 1.03 bits per heavy atom. The van der Waals surface area contributed by atoms with Crippen molar-refractivity contribution in [2.75, 3.05) is 0 Å². The van der Waals surface area contributed by atoms with Gasteiger partial charge < -0.3 is 10.2 Å². The molecule has 6 heteroatoms. The van der Waals surface area contributed by atoms with Crippen LogP contribution in [-0.4, -0.2) is 28.8 Å². The summed E-state index contributed by atoms with van der Waals surface area (Å²) in [5, 5.41) is 4.21. The number of rotatable bonds is 9. The number of aryl methyl sites for hydroxylation is 1. The van der Waals surface area contributed by atoms with Crippen molar-refractivity contribution >= 4 is 35.0 Å². The van der Waals surface area contributed by atoms with Gasteiger partial charge in [-0.1, -0.05) is 60.5 Å². The molecule has 0 aliphatic carbocycles. The molecule has 2 rings (SSSR count). The number of carbonyl (C=O) groups is 2. The van der Waals surface area contributed by atoms with E-state index in [2.05, 4.69) is 5.32 Å². The molecule has 2 amide bonds. The minimum Gasteiger partial charge on any atom is -0.352 e. The highest BCUT2D eigenvalue weighted by molar-refractivity contribution is 6.31. The summed E-state index contributed by atoms with van der Waals surface area (Å²) in [6.07, 6.45) is 1.34. The average molecular weight is 435 g/mol. The van der Waals surface area contributed by atoms with Gasteiger partial charge in [-0.25, -0.2) is 0 Å². The van der Waals surface area contributed by atoms with Gasteiger partial charge in [0.1, 0.15) is 6.04 Å². The van der Waals surface area contributed by atoms with Gasteiger partial charge in [-0.05, 0) is 56.0 Å². The lowest BCUT2D eigenvalue weighted by Crippen LogP contribution is -2.50. The van der Waals surface area contributed by atoms with Crippen LogP contribution in [0.15, 0.2) is 48.5 Å². The second-order valence-corrected chi connectivity index (χ2v) is 8.17. The zero-order chi connectivity index (χ0) is 21.4. The molecular formula is C23H28Cl2N2O2. The van der Waals surface area contributed by atoms with Crippen molar-refractivity contribution in [3.63, 3.8) is 0 Å². The molecule has 2 aromatic rings. The molecule has 0 aromatic heterocycles. The second kappa shape index (κ2) is 11.2. The highest BCUT2D eigenvalue weighted by Crippen LogP contribution is 2.20. The predicted octanol–water partition coefficient (Wildman–Crippen LogP) is 5.26. The van der Waals surface area contributed by atoms with E-state index >= 15 is 0 Å². The molecule has 0 fully saturated rings. The molecule has 0 saturated heterocycles.